The Morgan fingerprint density at radius 3 is 2.50 bits per heavy atom. The maximum atomic E-state index is 12.2. The highest BCUT2D eigenvalue weighted by Gasteiger charge is 2.11. The summed E-state index contributed by atoms with van der Waals surface area (Å²) in [5, 5.41) is 2.94. The molecule has 1 aromatic heterocycles. The monoisotopic (exact) mass is 387 g/mol. The number of hydrogen-bond donors (Lipinski definition) is 1. The third kappa shape index (κ3) is 4.35. The van der Waals surface area contributed by atoms with E-state index in [0.717, 1.165) is 28.9 Å². The van der Waals surface area contributed by atoms with Gasteiger partial charge < -0.3 is 10.2 Å². The first-order valence-corrected chi connectivity index (χ1v) is 9.26. The number of hydrogen-bond acceptors (Lipinski definition) is 3. The molecule has 5 heteroatoms. The Kier molecular flexibility index (Phi) is 5.86. The highest BCUT2D eigenvalue weighted by Crippen LogP contribution is 2.18. The molecular weight excluding hydrogens is 366 g/mol. The molecule has 2 aromatic rings. The Labute approximate surface area is 151 Å². The molecule has 0 aliphatic carbocycles. The Bertz CT molecular complexity index is 679. The summed E-state index contributed by atoms with van der Waals surface area (Å²) in [7, 11) is 0. The van der Waals surface area contributed by atoms with Crippen molar-refractivity contribution in [1.82, 2.24) is 10.3 Å². The summed E-state index contributed by atoms with van der Waals surface area (Å²) in [5.41, 5.74) is 1.65. The van der Waals surface area contributed by atoms with Crippen molar-refractivity contribution in [2.45, 2.75) is 32.2 Å². The summed E-state index contributed by atoms with van der Waals surface area (Å²) in [6.07, 6.45) is 6.97. The maximum absolute atomic E-state index is 12.2. The van der Waals surface area contributed by atoms with Crippen molar-refractivity contribution < 1.29 is 4.79 Å². The molecule has 24 heavy (non-hydrogen) atoms. The van der Waals surface area contributed by atoms with E-state index >= 15 is 0 Å². The average Bonchev–Trinajstić information content (AvgIpc) is 2.90. The Hall–Kier alpha value is -1.88. The molecule has 1 aliphatic rings. The molecule has 1 amide bonds. The van der Waals surface area contributed by atoms with Crippen LogP contribution in [0.4, 0.5) is 5.82 Å². The molecule has 0 unspecified atom stereocenters. The van der Waals surface area contributed by atoms with Gasteiger partial charge in [0.25, 0.3) is 5.91 Å². The standard InChI is InChI=1S/C19H22BrN3O/c20-17-8-4-3-7-16(17)19(24)22-14-15-9-10-18(21-13-15)23-11-5-1-2-6-12-23/h3-4,7-10,13H,1-2,5-6,11-12,14H2,(H,22,24). The summed E-state index contributed by atoms with van der Waals surface area (Å²) in [6.45, 7) is 2.66. The Balaban J connectivity index is 1.58. The second-order valence-electron chi connectivity index (χ2n) is 6.09. The van der Waals surface area contributed by atoms with E-state index in [0.29, 0.717) is 12.1 Å². The van der Waals surface area contributed by atoms with E-state index in [4.69, 9.17) is 0 Å². The smallest absolute Gasteiger partial charge is 0.252 e. The first-order valence-electron chi connectivity index (χ1n) is 8.46. The van der Waals surface area contributed by atoms with Crippen LogP contribution in [0.25, 0.3) is 0 Å². The fraction of sp³-hybridized carbons (Fsp3) is 0.368. The lowest BCUT2D eigenvalue weighted by atomic mass is 10.2. The Morgan fingerprint density at radius 2 is 1.83 bits per heavy atom. The zero-order valence-electron chi connectivity index (χ0n) is 13.7. The van der Waals surface area contributed by atoms with E-state index in [1.54, 1.807) is 6.07 Å². The number of rotatable bonds is 4. The van der Waals surface area contributed by atoms with Crippen LogP contribution in [0.1, 0.15) is 41.6 Å². The zero-order chi connectivity index (χ0) is 16.8. The van der Waals surface area contributed by atoms with Crippen LogP contribution in [0, 0.1) is 0 Å². The molecule has 0 bridgehead atoms. The minimum absolute atomic E-state index is 0.0842. The van der Waals surface area contributed by atoms with Crippen molar-refractivity contribution in [2.24, 2.45) is 0 Å². The average molecular weight is 388 g/mol. The number of carbonyl (C=O) groups is 1. The summed E-state index contributed by atoms with van der Waals surface area (Å²) in [5.74, 6) is 0.955. The number of carbonyl (C=O) groups excluding carboxylic acids is 1. The quantitative estimate of drug-likeness (QED) is 0.856. The minimum Gasteiger partial charge on any atom is -0.357 e. The SMILES string of the molecule is O=C(NCc1ccc(N2CCCCCC2)nc1)c1ccccc1Br. The van der Waals surface area contributed by atoms with Crippen LogP contribution < -0.4 is 10.2 Å². The molecule has 4 nitrogen and oxygen atoms in total. The molecule has 0 radical (unpaired) electrons. The van der Waals surface area contributed by atoms with Gasteiger partial charge in [0.2, 0.25) is 0 Å². The van der Waals surface area contributed by atoms with Crippen LogP contribution in [-0.2, 0) is 6.54 Å². The molecule has 1 aromatic carbocycles. The van der Waals surface area contributed by atoms with Crippen LogP contribution in [-0.4, -0.2) is 24.0 Å². The number of aromatic nitrogens is 1. The molecule has 1 fully saturated rings. The first-order chi connectivity index (χ1) is 11.7. The van der Waals surface area contributed by atoms with Crippen molar-refractivity contribution in [3.05, 3.63) is 58.2 Å². The van der Waals surface area contributed by atoms with Gasteiger partial charge in [-0.1, -0.05) is 31.0 Å². The van der Waals surface area contributed by atoms with Gasteiger partial charge in [-0.3, -0.25) is 4.79 Å². The molecule has 126 valence electrons. The van der Waals surface area contributed by atoms with Gasteiger partial charge >= 0.3 is 0 Å². The van der Waals surface area contributed by atoms with Crippen LogP contribution in [0.3, 0.4) is 0 Å². The van der Waals surface area contributed by atoms with E-state index < -0.39 is 0 Å². The van der Waals surface area contributed by atoms with Gasteiger partial charge in [0.05, 0.1) is 5.56 Å². The van der Waals surface area contributed by atoms with Gasteiger partial charge in [0, 0.05) is 30.3 Å². The van der Waals surface area contributed by atoms with Gasteiger partial charge in [-0.2, -0.15) is 0 Å². The van der Waals surface area contributed by atoms with Crippen molar-refractivity contribution in [3.63, 3.8) is 0 Å². The fourth-order valence-electron chi connectivity index (χ4n) is 2.93. The van der Waals surface area contributed by atoms with E-state index in [9.17, 15) is 4.79 Å². The van der Waals surface area contributed by atoms with Gasteiger partial charge in [-0.15, -0.1) is 0 Å². The van der Waals surface area contributed by atoms with E-state index in [2.05, 4.69) is 37.2 Å². The van der Waals surface area contributed by atoms with Crippen molar-refractivity contribution in [2.75, 3.05) is 18.0 Å². The van der Waals surface area contributed by atoms with Crippen LogP contribution in [0.5, 0.6) is 0 Å². The zero-order valence-corrected chi connectivity index (χ0v) is 15.3. The topological polar surface area (TPSA) is 45.2 Å². The normalized spacial score (nSPS) is 15.0. The molecule has 1 N–H and O–H groups in total. The number of amides is 1. The van der Waals surface area contributed by atoms with E-state index in [-0.39, 0.29) is 5.91 Å². The first kappa shape index (κ1) is 17.0. The number of pyridine rings is 1. The number of anilines is 1. The molecule has 0 atom stereocenters. The van der Waals surface area contributed by atoms with E-state index in [1.807, 2.05) is 30.5 Å². The molecule has 0 spiro atoms. The molecule has 2 heterocycles. The number of halogens is 1. The predicted octanol–water partition coefficient (Wildman–Crippen LogP) is 4.15. The van der Waals surface area contributed by atoms with Crippen LogP contribution in [0.15, 0.2) is 47.1 Å². The second kappa shape index (κ2) is 8.29. The highest BCUT2D eigenvalue weighted by molar-refractivity contribution is 9.10. The predicted molar refractivity (Wildman–Crippen MR) is 100 cm³/mol. The highest BCUT2D eigenvalue weighted by atomic mass is 79.9. The van der Waals surface area contributed by atoms with Crippen LogP contribution in [0.2, 0.25) is 0 Å². The van der Waals surface area contributed by atoms with Gasteiger partial charge in [-0.25, -0.2) is 4.98 Å². The third-order valence-corrected chi connectivity index (χ3v) is 5.00. The Morgan fingerprint density at radius 1 is 1.08 bits per heavy atom. The number of benzene rings is 1. The van der Waals surface area contributed by atoms with Crippen molar-refractivity contribution in [3.8, 4) is 0 Å². The second-order valence-corrected chi connectivity index (χ2v) is 6.94. The minimum atomic E-state index is -0.0842. The summed E-state index contributed by atoms with van der Waals surface area (Å²) in [4.78, 5) is 19.2. The summed E-state index contributed by atoms with van der Waals surface area (Å²) >= 11 is 3.40. The van der Waals surface area contributed by atoms with Crippen LogP contribution >= 0.6 is 15.9 Å². The maximum Gasteiger partial charge on any atom is 0.252 e. The molecule has 0 saturated carbocycles. The molecule has 1 saturated heterocycles. The fourth-order valence-corrected chi connectivity index (χ4v) is 3.40. The van der Waals surface area contributed by atoms with Gasteiger partial charge in [0.1, 0.15) is 5.82 Å². The van der Waals surface area contributed by atoms with E-state index in [1.165, 1.54) is 25.7 Å². The molecule has 3 rings (SSSR count). The van der Waals surface area contributed by atoms with Gasteiger partial charge in [0.15, 0.2) is 0 Å². The largest absolute Gasteiger partial charge is 0.357 e. The molecular formula is C19H22BrN3O. The number of nitrogens with one attached hydrogen (secondary N) is 1. The summed E-state index contributed by atoms with van der Waals surface area (Å²) in [6, 6.07) is 11.5. The summed E-state index contributed by atoms with van der Waals surface area (Å²) < 4.78 is 0.803. The lowest BCUT2D eigenvalue weighted by molar-refractivity contribution is 0.0950. The number of nitrogens with zero attached hydrogens (tertiary/aromatic N) is 2. The lowest BCUT2D eigenvalue weighted by Gasteiger charge is -2.21. The molecule has 1 aliphatic heterocycles. The van der Waals surface area contributed by atoms with Gasteiger partial charge in [-0.05, 0) is 52.5 Å². The third-order valence-electron chi connectivity index (χ3n) is 4.31. The lowest BCUT2D eigenvalue weighted by Crippen LogP contribution is -2.25. The van der Waals surface area contributed by atoms with Crippen molar-refractivity contribution in [1.29, 1.82) is 0 Å². The van der Waals surface area contributed by atoms with Crippen molar-refractivity contribution >= 4 is 27.7 Å².